The molecule has 0 atom stereocenters. The van der Waals surface area contributed by atoms with Crippen molar-refractivity contribution in [3.8, 4) is 102 Å². The Balaban J connectivity index is 0.834. The molecule has 0 bridgehead atoms. The third-order valence-electron chi connectivity index (χ3n) is 21.1. The standard InChI is InChI=1S/C97H80N4O8S4/c1-61(11-12-62(2)102-3)98(68-29-43-78(103-4)44-30-68)67-21-13-63(14-22-67)89-57-85-93(110-89)94-86(58-90(111-94)64-15-23-69(24-16-64)99(72-31-45-79(104-5)46-32-72)73-33-47-80(105-6)48-34-73)97(85)87-59-91(65-17-25-70(26-18-65)100(74-35-49-81(106-7)50-36-74)75-37-51-82(107-8)52-38-75)112-95(87)96-88(97)60-92(113-96)66-19-27-71(28-20-66)101(76-39-53-83(108-9)54-40-76)77-41-55-84(109-10)56-42-77/h11-60H,1-10H3/b61-11+,62-12+. The Morgan fingerprint density at radius 2 is 0.434 bits per heavy atom. The smallest absolute Gasteiger partial charge is 0.119 e. The topological polar surface area (TPSA) is 86.8 Å². The minimum absolute atomic E-state index is 0.707. The van der Waals surface area contributed by atoms with Crippen LogP contribution in [0.1, 0.15) is 36.1 Å². The predicted molar refractivity (Wildman–Crippen MR) is 469 cm³/mol. The van der Waals surface area contributed by atoms with Gasteiger partial charge in [-0.05, 0) is 313 Å². The van der Waals surface area contributed by atoms with E-state index in [0.29, 0.717) is 0 Å². The third kappa shape index (κ3) is 13.7. The van der Waals surface area contributed by atoms with Crippen LogP contribution in [0.3, 0.4) is 0 Å². The molecule has 11 aromatic carbocycles. The van der Waals surface area contributed by atoms with Gasteiger partial charge in [0.1, 0.15) is 40.2 Å². The molecule has 0 aliphatic heterocycles. The first-order valence-electron chi connectivity index (χ1n) is 37.0. The number of allylic oxidation sites excluding steroid dienone is 4. The van der Waals surface area contributed by atoms with Gasteiger partial charge in [0.2, 0.25) is 0 Å². The highest BCUT2D eigenvalue weighted by atomic mass is 32.1. The molecule has 1 spiro atoms. The van der Waals surface area contributed by atoms with E-state index in [4.69, 9.17) is 37.9 Å². The molecule has 0 saturated heterocycles. The number of thiophene rings is 4. The van der Waals surface area contributed by atoms with Crippen LogP contribution in [-0.2, 0) is 10.2 Å². The quantitative estimate of drug-likeness (QED) is 0.0403. The van der Waals surface area contributed by atoms with Crippen molar-refractivity contribution >= 4 is 108 Å². The number of hydrogen-bond acceptors (Lipinski definition) is 16. The fourth-order valence-corrected chi connectivity index (χ4v) is 20.5. The van der Waals surface area contributed by atoms with Gasteiger partial charge in [0.25, 0.3) is 0 Å². The summed E-state index contributed by atoms with van der Waals surface area (Å²) in [5.41, 5.74) is 21.1. The molecule has 17 rings (SSSR count). The second-order valence-corrected chi connectivity index (χ2v) is 31.6. The van der Waals surface area contributed by atoms with E-state index in [1.54, 1.807) is 56.9 Å². The number of ether oxygens (including phenoxy) is 8. The summed E-state index contributed by atoms with van der Waals surface area (Å²) in [6, 6.07) is 104. The molecule has 2 aliphatic rings. The van der Waals surface area contributed by atoms with Crippen molar-refractivity contribution in [2.75, 3.05) is 76.5 Å². The largest absolute Gasteiger partial charge is 0.501 e. The Hall–Kier alpha value is -12.7. The van der Waals surface area contributed by atoms with Crippen LogP contribution in [0.2, 0.25) is 0 Å². The fourth-order valence-electron chi connectivity index (χ4n) is 15.3. The van der Waals surface area contributed by atoms with Gasteiger partial charge in [-0.3, -0.25) is 0 Å². The number of rotatable bonds is 25. The van der Waals surface area contributed by atoms with Gasteiger partial charge in [0.15, 0.2) is 0 Å². The average Bonchev–Trinajstić information content (AvgIpc) is 1.49. The van der Waals surface area contributed by atoms with Crippen molar-refractivity contribution in [1.82, 2.24) is 0 Å². The summed E-state index contributed by atoms with van der Waals surface area (Å²) >= 11 is 7.55. The second kappa shape index (κ2) is 31.2. The van der Waals surface area contributed by atoms with Crippen molar-refractivity contribution < 1.29 is 37.9 Å². The normalized spacial score (nSPS) is 12.3. The highest BCUT2D eigenvalue weighted by Gasteiger charge is 2.56. The van der Waals surface area contributed by atoms with Crippen LogP contribution in [0, 0.1) is 0 Å². The molecule has 113 heavy (non-hydrogen) atoms. The van der Waals surface area contributed by atoms with Crippen LogP contribution in [0.25, 0.3) is 61.3 Å². The van der Waals surface area contributed by atoms with E-state index in [9.17, 15) is 0 Å². The van der Waals surface area contributed by atoms with E-state index < -0.39 is 5.41 Å². The summed E-state index contributed by atoms with van der Waals surface area (Å²) < 4.78 is 45.0. The van der Waals surface area contributed by atoms with Crippen LogP contribution >= 0.6 is 45.3 Å². The Morgan fingerprint density at radius 1 is 0.248 bits per heavy atom. The predicted octanol–water partition coefficient (Wildman–Crippen LogP) is 27.0. The third-order valence-corrected chi connectivity index (χ3v) is 26.2. The lowest BCUT2D eigenvalue weighted by Crippen LogP contribution is -2.24. The minimum atomic E-state index is -0.707. The number of nitrogens with zero attached hydrogens (tertiary/aromatic N) is 4. The van der Waals surface area contributed by atoms with Gasteiger partial charge in [-0.15, -0.1) is 45.3 Å². The molecular weight excluding hydrogens is 1480 g/mol. The molecule has 4 aromatic heterocycles. The lowest BCUT2D eigenvalue weighted by atomic mass is 9.72. The number of benzene rings is 11. The Kier molecular flexibility index (Phi) is 20.2. The first-order chi connectivity index (χ1) is 55.4. The number of methoxy groups -OCH3 is 8. The first-order valence-corrected chi connectivity index (χ1v) is 40.2. The van der Waals surface area contributed by atoms with Gasteiger partial charge >= 0.3 is 0 Å². The molecule has 0 N–H and O–H groups in total. The van der Waals surface area contributed by atoms with Gasteiger partial charge < -0.3 is 57.5 Å². The molecule has 2 aliphatic carbocycles. The van der Waals surface area contributed by atoms with Crippen LogP contribution in [0.4, 0.5) is 62.6 Å². The number of anilines is 11. The lowest BCUT2D eigenvalue weighted by Gasteiger charge is -2.28. The summed E-state index contributed by atoms with van der Waals surface area (Å²) in [7, 11) is 13.6. The second-order valence-electron chi connectivity index (χ2n) is 27.4. The highest BCUT2D eigenvalue weighted by molar-refractivity contribution is 7.27. The van der Waals surface area contributed by atoms with Crippen LogP contribution in [0.5, 0.6) is 40.2 Å². The maximum absolute atomic E-state index is 5.63. The number of fused-ring (bicyclic) bond motifs is 10. The van der Waals surface area contributed by atoms with E-state index in [1.807, 2.05) is 143 Å². The maximum atomic E-state index is 5.63. The lowest BCUT2D eigenvalue weighted by molar-refractivity contribution is 0.293. The van der Waals surface area contributed by atoms with Gasteiger partial charge in [-0.25, -0.2) is 0 Å². The van der Waals surface area contributed by atoms with E-state index in [2.05, 4.69) is 239 Å². The van der Waals surface area contributed by atoms with Gasteiger partial charge in [0.05, 0.1) is 87.6 Å². The van der Waals surface area contributed by atoms with Gasteiger partial charge in [-0.2, -0.15) is 0 Å². The Bertz CT molecular complexity index is 5630. The zero-order valence-corrected chi connectivity index (χ0v) is 67.3. The first kappa shape index (κ1) is 73.1. The summed E-state index contributed by atoms with van der Waals surface area (Å²) in [6.07, 6.45) is 4.11. The monoisotopic (exact) mass is 1560 g/mol. The number of hydrogen-bond donors (Lipinski definition) is 0. The molecule has 560 valence electrons. The molecular formula is C97H80N4O8S4. The fraction of sp³-hybridized carbons (Fsp3) is 0.113. The van der Waals surface area contributed by atoms with Crippen LogP contribution < -0.4 is 52.8 Å². The van der Waals surface area contributed by atoms with E-state index >= 15 is 0 Å². The summed E-state index contributed by atoms with van der Waals surface area (Å²) in [5, 5.41) is 0. The Morgan fingerprint density at radius 3 is 0.628 bits per heavy atom. The molecule has 15 aromatic rings. The molecule has 0 saturated carbocycles. The van der Waals surface area contributed by atoms with E-state index in [-0.39, 0.29) is 0 Å². The van der Waals surface area contributed by atoms with Crippen molar-refractivity contribution in [3.63, 3.8) is 0 Å². The molecule has 16 heteroatoms. The average molecular weight is 1560 g/mol. The highest BCUT2D eigenvalue weighted by Crippen LogP contribution is 2.71. The van der Waals surface area contributed by atoms with Crippen molar-refractivity contribution in [3.05, 3.63) is 337 Å². The van der Waals surface area contributed by atoms with Crippen molar-refractivity contribution in [2.45, 2.75) is 19.3 Å². The van der Waals surface area contributed by atoms with Crippen LogP contribution in [0.15, 0.2) is 315 Å². The molecule has 12 nitrogen and oxygen atoms in total. The molecule has 0 unspecified atom stereocenters. The minimum Gasteiger partial charge on any atom is -0.501 e. The van der Waals surface area contributed by atoms with Crippen molar-refractivity contribution in [1.29, 1.82) is 0 Å². The maximum Gasteiger partial charge on any atom is 0.119 e. The zero-order valence-electron chi connectivity index (χ0n) is 64.1. The van der Waals surface area contributed by atoms with Crippen molar-refractivity contribution in [2.24, 2.45) is 0 Å². The zero-order chi connectivity index (χ0) is 77.4. The Labute approximate surface area is 675 Å². The summed E-state index contributed by atoms with van der Waals surface area (Å²) in [6.45, 7) is 4.09. The molecule has 4 heterocycles. The summed E-state index contributed by atoms with van der Waals surface area (Å²) in [4.78, 5) is 18.9. The van der Waals surface area contributed by atoms with Crippen LogP contribution in [-0.4, -0.2) is 56.9 Å². The van der Waals surface area contributed by atoms with E-state index in [1.165, 1.54) is 61.3 Å². The SMILES string of the molecule is CO/C(C)=C/C=C(\C)N(c1ccc(OC)cc1)c1ccc(-c2cc3c(s2)-c2sc(-c4ccc(N(c5ccc(OC)cc5)c5ccc(OC)cc5)cc4)cc2C32c3cc(-c4ccc(N(c5ccc(OC)cc5)c5ccc(OC)cc5)cc4)sc3-c3sc(-c4ccc(N(c5ccc(OC)cc5)c5ccc(OC)cc5)cc4)cc32)cc1. The molecule has 0 radical (unpaired) electrons. The van der Waals surface area contributed by atoms with E-state index in [0.717, 1.165) is 137 Å². The van der Waals surface area contributed by atoms with Gasteiger partial charge in [0, 0.05) is 87.8 Å². The van der Waals surface area contributed by atoms with Gasteiger partial charge in [-0.1, -0.05) is 48.5 Å². The molecule has 0 fully saturated rings. The summed E-state index contributed by atoms with van der Waals surface area (Å²) in [5.74, 6) is 6.35. The molecule has 0 amide bonds.